The van der Waals surface area contributed by atoms with Crippen molar-refractivity contribution in [3.8, 4) is 0 Å². The molecule has 0 atom stereocenters. The van der Waals surface area contributed by atoms with Crippen molar-refractivity contribution in [2.24, 2.45) is 5.92 Å². The van der Waals surface area contributed by atoms with Gasteiger partial charge in [0.2, 0.25) is 0 Å². The van der Waals surface area contributed by atoms with Crippen LogP contribution in [0.2, 0.25) is 0 Å². The SMILES string of the molecule is Cc1nccc(CN2CCC(Cn3nc(C4CC4)ccc3=O)CC2)n1. The lowest BCUT2D eigenvalue weighted by atomic mass is 9.96. The van der Waals surface area contributed by atoms with Gasteiger partial charge in [0, 0.05) is 31.3 Å². The normalized spacial score (nSPS) is 19.2. The van der Waals surface area contributed by atoms with Crippen molar-refractivity contribution in [1.82, 2.24) is 24.6 Å². The number of aryl methyl sites for hydroxylation is 1. The van der Waals surface area contributed by atoms with E-state index in [1.807, 2.05) is 25.3 Å². The van der Waals surface area contributed by atoms with Crippen molar-refractivity contribution in [3.05, 3.63) is 52.0 Å². The molecule has 0 bridgehead atoms. The van der Waals surface area contributed by atoms with E-state index in [-0.39, 0.29) is 5.56 Å². The predicted molar refractivity (Wildman–Crippen MR) is 95.2 cm³/mol. The summed E-state index contributed by atoms with van der Waals surface area (Å²) >= 11 is 0. The number of hydrogen-bond acceptors (Lipinski definition) is 5. The zero-order chi connectivity index (χ0) is 17.2. The van der Waals surface area contributed by atoms with Gasteiger partial charge in [0.25, 0.3) is 5.56 Å². The van der Waals surface area contributed by atoms with Crippen molar-refractivity contribution < 1.29 is 0 Å². The van der Waals surface area contributed by atoms with E-state index in [4.69, 9.17) is 0 Å². The van der Waals surface area contributed by atoms with Crippen LogP contribution in [0.5, 0.6) is 0 Å². The average molecular weight is 339 g/mol. The Morgan fingerprint density at radius 3 is 2.64 bits per heavy atom. The van der Waals surface area contributed by atoms with E-state index in [0.29, 0.717) is 11.8 Å². The minimum absolute atomic E-state index is 0.0308. The smallest absolute Gasteiger partial charge is 0.266 e. The molecule has 1 aliphatic heterocycles. The number of likely N-dealkylation sites (tertiary alicyclic amines) is 1. The van der Waals surface area contributed by atoms with E-state index < -0.39 is 0 Å². The molecule has 0 unspecified atom stereocenters. The lowest BCUT2D eigenvalue weighted by Gasteiger charge is -2.31. The Labute approximate surface area is 147 Å². The first-order valence-electron chi connectivity index (χ1n) is 9.26. The monoisotopic (exact) mass is 339 g/mol. The van der Waals surface area contributed by atoms with Gasteiger partial charge in [0.05, 0.1) is 11.4 Å². The minimum Gasteiger partial charge on any atom is -0.297 e. The third-order valence-electron chi connectivity index (χ3n) is 5.24. The van der Waals surface area contributed by atoms with Crippen LogP contribution < -0.4 is 5.56 Å². The second-order valence-electron chi connectivity index (χ2n) is 7.37. The first kappa shape index (κ1) is 16.4. The van der Waals surface area contributed by atoms with Crippen LogP contribution in [0, 0.1) is 12.8 Å². The van der Waals surface area contributed by atoms with Crippen LogP contribution in [0.15, 0.2) is 29.2 Å². The summed E-state index contributed by atoms with van der Waals surface area (Å²) in [4.78, 5) is 23.2. The fourth-order valence-corrected chi connectivity index (χ4v) is 3.59. The van der Waals surface area contributed by atoms with Gasteiger partial charge in [-0.3, -0.25) is 9.69 Å². The summed E-state index contributed by atoms with van der Waals surface area (Å²) < 4.78 is 1.70. The van der Waals surface area contributed by atoms with Gasteiger partial charge in [-0.1, -0.05) is 0 Å². The lowest BCUT2D eigenvalue weighted by Crippen LogP contribution is -2.36. The molecule has 25 heavy (non-hydrogen) atoms. The molecular formula is C19H25N5O. The van der Waals surface area contributed by atoms with Gasteiger partial charge in [-0.25, -0.2) is 14.6 Å². The highest BCUT2D eigenvalue weighted by Gasteiger charge is 2.26. The molecule has 0 radical (unpaired) electrons. The summed E-state index contributed by atoms with van der Waals surface area (Å²) in [5.41, 5.74) is 2.21. The lowest BCUT2D eigenvalue weighted by molar-refractivity contribution is 0.161. The predicted octanol–water partition coefficient (Wildman–Crippen LogP) is 2.13. The van der Waals surface area contributed by atoms with Gasteiger partial charge in [-0.2, -0.15) is 5.10 Å². The Bertz CT molecular complexity index is 790. The molecule has 132 valence electrons. The van der Waals surface area contributed by atoms with Crippen LogP contribution in [-0.2, 0) is 13.1 Å². The quantitative estimate of drug-likeness (QED) is 0.835. The summed E-state index contributed by atoms with van der Waals surface area (Å²) in [5.74, 6) is 1.95. The van der Waals surface area contributed by atoms with E-state index in [9.17, 15) is 4.79 Å². The number of rotatable bonds is 5. The second kappa shape index (κ2) is 7.04. The third kappa shape index (κ3) is 4.12. The molecule has 2 aliphatic rings. The summed E-state index contributed by atoms with van der Waals surface area (Å²) in [5, 5.41) is 4.60. The molecule has 2 fully saturated rings. The topological polar surface area (TPSA) is 63.9 Å². The highest BCUT2D eigenvalue weighted by Crippen LogP contribution is 2.38. The molecule has 6 nitrogen and oxygen atoms in total. The van der Waals surface area contributed by atoms with Crippen LogP contribution in [0.3, 0.4) is 0 Å². The summed E-state index contributed by atoms with van der Waals surface area (Å²) in [7, 11) is 0. The molecule has 2 aromatic heterocycles. The third-order valence-corrected chi connectivity index (χ3v) is 5.24. The number of hydrogen-bond donors (Lipinski definition) is 0. The van der Waals surface area contributed by atoms with Crippen molar-refractivity contribution in [2.75, 3.05) is 13.1 Å². The molecule has 3 heterocycles. The van der Waals surface area contributed by atoms with Gasteiger partial charge in [-0.15, -0.1) is 0 Å². The highest BCUT2D eigenvalue weighted by atomic mass is 16.1. The fourth-order valence-electron chi connectivity index (χ4n) is 3.59. The first-order chi connectivity index (χ1) is 12.2. The molecule has 0 N–H and O–H groups in total. The zero-order valence-electron chi connectivity index (χ0n) is 14.8. The van der Waals surface area contributed by atoms with Gasteiger partial charge >= 0.3 is 0 Å². The van der Waals surface area contributed by atoms with E-state index in [0.717, 1.165) is 56.2 Å². The Morgan fingerprint density at radius 1 is 1.12 bits per heavy atom. The maximum Gasteiger partial charge on any atom is 0.266 e. The second-order valence-corrected chi connectivity index (χ2v) is 7.37. The highest BCUT2D eigenvalue weighted by molar-refractivity contribution is 5.12. The molecule has 1 aliphatic carbocycles. The molecule has 0 spiro atoms. The van der Waals surface area contributed by atoms with Gasteiger partial charge in [-0.05, 0) is 63.7 Å². The molecule has 4 rings (SSSR count). The van der Waals surface area contributed by atoms with Crippen LogP contribution in [-0.4, -0.2) is 37.7 Å². The maximum absolute atomic E-state index is 12.1. The Morgan fingerprint density at radius 2 is 1.92 bits per heavy atom. The first-order valence-corrected chi connectivity index (χ1v) is 9.26. The fraction of sp³-hybridized carbons (Fsp3) is 0.579. The largest absolute Gasteiger partial charge is 0.297 e. The molecule has 1 saturated carbocycles. The van der Waals surface area contributed by atoms with Crippen molar-refractivity contribution in [1.29, 1.82) is 0 Å². The molecule has 1 saturated heterocycles. The zero-order valence-corrected chi connectivity index (χ0v) is 14.8. The van der Waals surface area contributed by atoms with Crippen molar-refractivity contribution in [2.45, 2.75) is 51.6 Å². The van der Waals surface area contributed by atoms with Crippen LogP contribution in [0.25, 0.3) is 0 Å². The van der Waals surface area contributed by atoms with E-state index >= 15 is 0 Å². The Kier molecular flexibility index (Phi) is 4.61. The van der Waals surface area contributed by atoms with Crippen LogP contribution >= 0.6 is 0 Å². The number of nitrogens with zero attached hydrogens (tertiary/aromatic N) is 5. The standard InChI is InChI=1S/C19H25N5O/c1-14-20-9-6-17(21-14)13-23-10-7-15(8-11-23)12-24-19(25)5-4-18(22-24)16-2-3-16/h4-6,9,15-16H,2-3,7-8,10-13H2,1H3. The molecule has 0 amide bonds. The van der Waals surface area contributed by atoms with Gasteiger partial charge in [0.1, 0.15) is 5.82 Å². The van der Waals surface area contributed by atoms with Gasteiger partial charge in [0.15, 0.2) is 0 Å². The van der Waals surface area contributed by atoms with Crippen LogP contribution in [0.4, 0.5) is 0 Å². The summed E-state index contributed by atoms with van der Waals surface area (Å²) in [6.45, 7) is 5.65. The molecule has 6 heteroatoms. The minimum atomic E-state index is 0.0308. The Hall–Kier alpha value is -2.08. The maximum atomic E-state index is 12.1. The van der Waals surface area contributed by atoms with Gasteiger partial charge < -0.3 is 0 Å². The number of piperidine rings is 1. The molecular weight excluding hydrogens is 314 g/mol. The van der Waals surface area contributed by atoms with Crippen molar-refractivity contribution in [3.63, 3.8) is 0 Å². The molecule has 0 aromatic carbocycles. The van der Waals surface area contributed by atoms with E-state index in [1.54, 1.807) is 10.7 Å². The van der Waals surface area contributed by atoms with E-state index in [2.05, 4.69) is 20.0 Å². The average Bonchev–Trinajstić information content (AvgIpc) is 3.44. The van der Waals surface area contributed by atoms with Crippen molar-refractivity contribution >= 4 is 0 Å². The summed E-state index contributed by atoms with van der Waals surface area (Å²) in [6, 6.07) is 5.59. The van der Waals surface area contributed by atoms with Crippen LogP contribution in [0.1, 0.15) is 48.8 Å². The summed E-state index contributed by atoms with van der Waals surface area (Å²) in [6.07, 6.45) is 6.46. The Balaban J connectivity index is 1.33. The number of aromatic nitrogens is 4. The van der Waals surface area contributed by atoms with E-state index in [1.165, 1.54) is 12.8 Å². The molecule has 2 aromatic rings.